The molecule has 0 aliphatic rings. The average Bonchev–Trinajstić information content (AvgIpc) is 2.35. The summed E-state index contributed by atoms with van der Waals surface area (Å²) < 4.78 is 5.44. The van der Waals surface area contributed by atoms with Gasteiger partial charge in [-0.1, -0.05) is 6.92 Å². The number of nitrogens with one attached hydrogen (secondary N) is 1. The third-order valence-electron chi connectivity index (χ3n) is 2.58. The molecule has 0 aliphatic heterocycles. The lowest BCUT2D eigenvalue weighted by Crippen LogP contribution is -2.45. The molecule has 0 spiro atoms. The maximum absolute atomic E-state index is 11.1. The van der Waals surface area contributed by atoms with Crippen LogP contribution in [0.1, 0.15) is 12.5 Å². The first-order valence-electron chi connectivity index (χ1n) is 5.86. The van der Waals surface area contributed by atoms with E-state index in [1.165, 1.54) is 12.1 Å². The van der Waals surface area contributed by atoms with Crippen LogP contribution in [0, 0.1) is 17.0 Å². The van der Waals surface area contributed by atoms with Crippen molar-refractivity contribution in [1.82, 2.24) is 5.32 Å². The number of nitro groups is 1. The summed E-state index contributed by atoms with van der Waals surface area (Å²) in [5, 5.41) is 13.6. The largest absolute Gasteiger partial charge is 0.491 e. The number of rotatable bonds is 7. The number of hydrogen-bond acceptors (Lipinski definition) is 5. The third-order valence-corrected chi connectivity index (χ3v) is 2.58. The van der Waals surface area contributed by atoms with Crippen LogP contribution < -0.4 is 15.8 Å². The van der Waals surface area contributed by atoms with E-state index >= 15 is 0 Å². The van der Waals surface area contributed by atoms with Crippen molar-refractivity contribution in [2.45, 2.75) is 19.9 Å². The number of nitro benzene ring substituents is 1. The van der Waals surface area contributed by atoms with Gasteiger partial charge in [-0.3, -0.25) is 14.9 Å². The molecule has 0 fully saturated rings. The van der Waals surface area contributed by atoms with Crippen molar-refractivity contribution in [1.29, 1.82) is 0 Å². The van der Waals surface area contributed by atoms with E-state index in [0.29, 0.717) is 12.3 Å². The van der Waals surface area contributed by atoms with Gasteiger partial charge >= 0.3 is 0 Å². The molecule has 1 aromatic rings. The SMILES string of the molecule is CCNC(COc1cc([N+](=O)[O-])ccc1C)C(N)=O. The van der Waals surface area contributed by atoms with Crippen LogP contribution in [-0.2, 0) is 4.79 Å². The zero-order chi connectivity index (χ0) is 14.4. The lowest BCUT2D eigenvalue weighted by molar-refractivity contribution is -0.384. The molecule has 0 radical (unpaired) electrons. The van der Waals surface area contributed by atoms with Gasteiger partial charge in [-0.05, 0) is 25.1 Å². The van der Waals surface area contributed by atoms with Gasteiger partial charge < -0.3 is 15.8 Å². The second-order valence-electron chi connectivity index (χ2n) is 4.03. The van der Waals surface area contributed by atoms with Crippen LogP contribution in [0.5, 0.6) is 5.75 Å². The molecule has 0 saturated carbocycles. The summed E-state index contributed by atoms with van der Waals surface area (Å²) in [6.45, 7) is 4.22. The van der Waals surface area contributed by atoms with E-state index in [4.69, 9.17) is 10.5 Å². The molecule has 1 aromatic carbocycles. The summed E-state index contributed by atoms with van der Waals surface area (Å²) in [5.74, 6) is -0.150. The maximum atomic E-state index is 11.1. The van der Waals surface area contributed by atoms with E-state index in [-0.39, 0.29) is 12.3 Å². The van der Waals surface area contributed by atoms with Crippen LogP contribution in [0.2, 0.25) is 0 Å². The molecule has 7 nitrogen and oxygen atoms in total. The van der Waals surface area contributed by atoms with Gasteiger partial charge in [0.15, 0.2) is 0 Å². The summed E-state index contributed by atoms with van der Waals surface area (Å²) in [4.78, 5) is 21.3. The normalized spacial score (nSPS) is 11.9. The summed E-state index contributed by atoms with van der Waals surface area (Å²) >= 11 is 0. The van der Waals surface area contributed by atoms with Crippen LogP contribution >= 0.6 is 0 Å². The minimum absolute atomic E-state index is 0.0329. The Kier molecular flexibility index (Phi) is 5.25. The zero-order valence-corrected chi connectivity index (χ0v) is 10.9. The molecular weight excluding hydrogens is 250 g/mol. The van der Waals surface area contributed by atoms with Crippen molar-refractivity contribution in [3.05, 3.63) is 33.9 Å². The zero-order valence-electron chi connectivity index (χ0n) is 10.9. The number of hydrogen-bond donors (Lipinski definition) is 2. The number of aryl methyl sites for hydroxylation is 1. The van der Waals surface area contributed by atoms with Gasteiger partial charge in [0.25, 0.3) is 5.69 Å². The second-order valence-corrected chi connectivity index (χ2v) is 4.03. The third kappa shape index (κ3) is 4.22. The molecule has 1 rings (SSSR count). The van der Waals surface area contributed by atoms with Gasteiger partial charge in [0.2, 0.25) is 5.91 Å². The smallest absolute Gasteiger partial charge is 0.273 e. The van der Waals surface area contributed by atoms with Crippen LogP contribution in [0.3, 0.4) is 0 Å². The van der Waals surface area contributed by atoms with Crippen molar-refractivity contribution < 1.29 is 14.5 Å². The number of carbonyl (C=O) groups excluding carboxylic acids is 1. The topological polar surface area (TPSA) is 107 Å². The number of primary amides is 1. The molecule has 1 atom stereocenters. The first-order valence-corrected chi connectivity index (χ1v) is 5.86. The monoisotopic (exact) mass is 267 g/mol. The molecule has 19 heavy (non-hydrogen) atoms. The fourth-order valence-electron chi connectivity index (χ4n) is 1.52. The highest BCUT2D eigenvalue weighted by Crippen LogP contribution is 2.24. The maximum Gasteiger partial charge on any atom is 0.273 e. The molecule has 104 valence electrons. The number of non-ortho nitro benzene ring substituents is 1. The standard InChI is InChI=1S/C12H17N3O4/c1-3-14-10(12(13)16)7-19-11-6-9(15(17)18)5-4-8(11)2/h4-6,10,14H,3,7H2,1-2H3,(H2,13,16). The minimum Gasteiger partial charge on any atom is -0.491 e. The van der Waals surface area contributed by atoms with Gasteiger partial charge in [0.05, 0.1) is 11.0 Å². The first kappa shape index (κ1) is 14.9. The fraction of sp³-hybridized carbons (Fsp3) is 0.417. The van der Waals surface area contributed by atoms with Gasteiger partial charge in [0.1, 0.15) is 18.4 Å². The van der Waals surface area contributed by atoms with Crippen molar-refractivity contribution in [3.63, 3.8) is 0 Å². The Balaban J connectivity index is 2.78. The Bertz CT molecular complexity index is 476. The van der Waals surface area contributed by atoms with E-state index in [9.17, 15) is 14.9 Å². The average molecular weight is 267 g/mol. The van der Waals surface area contributed by atoms with Gasteiger partial charge in [-0.25, -0.2) is 0 Å². The van der Waals surface area contributed by atoms with Gasteiger partial charge in [0, 0.05) is 6.07 Å². The predicted octanol–water partition coefficient (Wildman–Crippen LogP) is 0.745. The molecule has 0 aromatic heterocycles. The number of carbonyl (C=O) groups is 1. The Morgan fingerprint density at radius 2 is 2.26 bits per heavy atom. The molecule has 0 bridgehead atoms. The highest BCUT2D eigenvalue weighted by atomic mass is 16.6. The summed E-state index contributed by atoms with van der Waals surface area (Å²) in [6.07, 6.45) is 0. The van der Waals surface area contributed by atoms with E-state index in [1.807, 2.05) is 6.92 Å². The molecule has 0 aliphatic carbocycles. The van der Waals surface area contributed by atoms with E-state index in [1.54, 1.807) is 13.0 Å². The van der Waals surface area contributed by atoms with Crippen molar-refractivity contribution >= 4 is 11.6 Å². The number of nitrogens with zero attached hydrogens (tertiary/aromatic N) is 1. The Morgan fingerprint density at radius 3 is 2.79 bits per heavy atom. The van der Waals surface area contributed by atoms with E-state index in [2.05, 4.69) is 5.32 Å². The molecule has 7 heteroatoms. The number of benzene rings is 1. The fourth-order valence-corrected chi connectivity index (χ4v) is 1.52. The summed E-state index contributed by atoms with van der Waals surface area (Å²) in [6, 6.07) is 3.71. The first-order chi connectivity index (χ1) is 8.95. The Hall–Kier alpha value is -2.15. The van der Waals surface area contributed by atoms with Crippen molar-refractivity contribution in [2.75, 3.05) is 13.2 Å². The molecule has 1 amide bonds. The number of ether oxygens (including phenoxy) is 1. The van der Waals surface area contributed by atoms with Gasteiger partial charge in [-0.15, -0.1) is 0 Å². The molecule has 0 saturated heterocycles. The van der Waals surface area contributed by atoms with Crippen molar-refractivity contribution in [3.8, 4) is 5.75 Å². The van der Waals surface area contributed by atoms with E-state index in [0.717, 1.165) is 5.56 Å². The lowest BCUT2D eigenvalue weighted by Gasteiger charge is -2.16. The summed E-state index contributed by atoms with van der Waals surface area (Å²) in [7, 11) is 0. The minimum atomic E-state index is -0.622. The summed E-state index contributed by atoms with van der Waals surface area (Å²) in [5.41, 5.74) is 5.91. The second kappa shape index (κ2) is 6.69. The quantitative estimate of drug-likeness (QED) is 0.559. The van der Waals surface area contributed by atoms with Crippen LogP contribution in [0.25, 0.3) is 0 Å². The highest BCUT2D eigenvalue weighted by molar-refractivity contribution is 5.80. The van der Waals surface area contributed by atoms with Gasteiger partial charge in [-0.2, -0.15) is 0 Å². The van der Waals surface area contributed by atoms with Crippen LogP contribution in [0.15, 0.2) is 18.2 Å². The number of likely N-dealkylation sites (N-methyl/N-ethyl adjacent to an activating group) is 1. The van der Waals surface area contributed by atoms with E-state index < -0.39 is 16.9 Å². The molecule has 3 N–H and O–H groups in total. The Morgan fingerprint density at radius 1 is 1.58 bits per heavy atom. The Labute approximate surface area is 110 Å². The van der Waals surface area contributed by atoms with Crippen molar-refractivity contribution in [2.24, 2.45) is 5.73 Å². The molecule has 1 unspecified atom stereocenters. The number of nitrogens with two attached hydrogens (primary N) is 1. The van der Waals surface area contributed by atoms with Crippen LogP contribution in [0.4, 0.5) is 5.69 Å². The predicted molar refractivity (Wildman–Crippen MR) is 70.0 cm³/mol. The molecule has 0 heterocycles. The highest BCUT2D eigenvalue weighted by Gasteiger charge is 2.16. The van der Waals surface area contributed by atoms with Crippen LogP contribution in [-0.4, -0.2) is 30.0 Å². The lowest BCUT2D eigenvalue weighted by atomic mass is 10.2. The number of amides is 1. The molecular formula is C12H17N3O4.